The first-order valence-electron chi connectivity index (χ1n) is 5.60. The fourth-order valence-corrected chi connectivity index (χ4v) is 2.92. The van der Waals surface area contributed by atoms with Crippen LogP contribution in [0.25, 0.3) is 0 Å². The zero-order valence-electron chi connectivity index (χ0n) is 9.89. The normalized spacial score (nSPS) is 25.6. The number of carbonyl (C=O) groups is 1. The maximum Gasteiger partial charge on any atom is 0.442 e. The summed E-state index contributed by atoms with van der Waals surface area (Å²) in [4.78, 5) is 24.0. The van der Waals surface area contributed by atoms with Crippen molar-refractivity contribution < 1.29 is 18.0 Å². The summed E-state index contributed by atoms with van der Waals surface area (Å²) in [7, 11) is 0. The van der Waals surface area contributed by atoms with Gasteiger partial charge in [-0.15, -0.1) is 0 Å². The fourth-order valence-electron chi connectivity index (χ4n) is 1.93. The van der Waals surface area contributed by atoms with Crippen LogP contribution in [0.15, 0.2) is 23.5 Å². The standard InChI is InChI=1S/C10H8F3N5OS/c11-10(12,13)9(16-7-14-2-1-3-15-7)6(19)18-4-5-20-8(18)17-9/h1-3H,4-5H2,(H,14,15,16)/t9-/m1/s1. The van der Waals surface area contributed by atoms with E-state index < -0.39 is 17.7 Å². The number of hydrogen-bond acceptors (Lipinski definition) is 6. The highest BCUT2D eigenvalue weighted by Gasteiger charge is 2.67. The van der Waals surface area contributed by atoms with E-state index in [1.54, 1.807) is 0 Å². The van der Waals surface area contributed by atoms with E-state index in [1.807, 2.05) is 5.32 Å². The summed E-state index contributed by atoms with van der Waals surface area (Å²) < 4.78 is 40.1. The van der Waals surface area contributed by atoms with Crippen LogP contribution < -0.4 is 5.32 Å². The molecule has 10 heteroatoms. The van der Waals surface area contributed by atoms with Crippen LogP contribution in [0.1, 0.15) is 0 Å². The lowest BCUT2D eigenvalue weighted by Crippen LogP contribution is -2.58. The van der Waals surface area contributed by atoms with Crippen molar-refractivity contribution in [2.45, 2.75) is 11.8 Å². The number of thioether (sulfide) groups is 1. The van der Waals surface area contributed by atoms with E-state index in [0.29, 0.717) is 5.75 Å². The predicted molar refractivity (Wildman–Crippen MR) is 66.0 cm³/mol. The first kappa shape index (κ1) is 13.2. The van der Waals surface area contributed by atoms with Gasteiger partial charge in [0.2, 0.25) is 5.95 Å². The highest BCUT2D eigenvalue weighted by atomic mass is 32.2. The number of fused-ring (bicyclic) bond motifs is 1. The molecule has 3 rings (SSSR count). The number of aliphatic imine (C=N–C) groups is 1. The molecule has 2 aliphatic rings. The Balaban J connectivity index is 2.03. The molecular weight excluding hydrogens is 295 g/mol. The monoisotopic (exact) mass is 303 g/mol. The molecule has 1 aromatic rings. The smallest absolute Gasteiger partial charge is 0.314 e. The number of halogens is 3. The maximum absolute atomic E-state index is 13.4. The molecule has 0 aromatic carbocycles. The lowest BCUT2D eigenvalue weighted by atomic mass is 10.1. The Bertz CT molecular complexity index is 578. The summed E-state index contributed by atoms with van der Waals surface area (Å²) >= 11 is 1.12. The Kier molecular flexibility index (Phi) is 2.85. The Morgan fingerprint density at radius 3 is 2.65 bits per heavy atom. The van der Waals surface area contributed by atoms with E-state index in [9.17, 15) is 18.0 Å². The number of carbonyl (C=O) groups excluding carboxylic acids is 1. The summed E-state index contributed by atoms with van der Waals surface area (Å²) in [5, 5.41) is 2.11. The van der Waals surface area contributed by atoms with E-state index in [2.05, 4.69) is 15.0 Å². The lowest BCUT2D eigenvalue weighted by molar-refractivity contribution is -0.185. The van der Waals surface area contributed by atoms with Gasteiger partial charge in [-0.2, -0.15) is 13.2 Å². The van der Waals surface area contributed by atoms with Crippen LogP contribution in [-0.4, -0.2) is 50.1 Å². The number of nitrogens with one attached hydrogen (secondary N) is 1. The van der Waals surface area contributed by atoms with Gasteiger partial charge in [0.05, 0.1) is 0 Å². The molecule has 0 aliphatic carbocycles. The highest BCUT2D eigenvalue weighted by Crippen LogP contribution is 2.42. The van der Waals surface area contributed by atoms with Crippen LogP contribution in [0.3, 0.4) is 0 Å². The molecule has 0 radical (unpaired) electrons. The van der Waals surface area contributed by atoms with Crippen LogP contribution in [0.2, 0.25) is 0 Å². The third kappa shape index (κ3) is 1.82. The number of amides is 1. The Morgan fingerprint density at radius 2 is 2.05 bits per heavy atom. The van der Waals surface area contributed by atoms with Gasteiger partial charge in [-0.05, 0) is 6.07 Å². The second-order valence-corrected chi connectivity index (χ2v) is 5.17. The van der Waals surface area contributed by atoms with Crippen LogP contribution in [-0.2, 0) is 4.79 Å². The molecule has 1 saturated heterocycles. The predicted octanol–water partition coefficient (Wildman–Crippen LogP) is 1.09. The molecule has 1 atom stereocenters. The first-order valence-corrected chi connectivity index (χ1v) is 6.59. The number of alkyl halides is 3. The molecule has 3 heterocycles. The van der Waals surface area contributed by atoms with E-state index in [0.717, 1.165) is 16.7 Å². The molecule has 20 heavy (non-hydrogen) atoms. The zero-order chi connectivity index (χ0) is 14.4. The van der Waals surface area contributed by atoms with Gasteiger partial charge in [-0.3, -0.25) is 9.69 Å². The molecule has 1 N–H and O–H groups in total. The van der Waals surface area contributed by atoms with E-state index in [4.69, 9.17) is 0 Å². The van der Waals surface area contributed by atoms with Crippen LogP contribution in [0.4, 0.5) is 19.1 Å². The third-order valence-electron chi connectivity index (χ3n) is 2.86. The summed E-state index contributed by atoms with van der Waals surface area (Å²) in [5.74, 6) is -0.897. The Hall–Kier alpha value is -1.84. The molecule has 2 aliphatic heterocycles. The van der Waals surface area contributed by atoms with Gasteiger partial charge < -0.3 is 5.32 Å². The summed E-state index contributed by atoms with van der Waals surface area (Å²) in [6.45, 7) is 0.220. The molecule has 0 spiro atoms. The zero-order valence-corrected chi connectivity index (χ0v) is 10.7. The van der Waals surface area contributed by atoms with Gasteiger partial charge in [0.1, 0.15) is 0 Å². The van der Waals surface area contributed by atoms with E-state index in [1.165, 1.54) is 18.5 Å². The van der Waals surface area contributed by atoms with Crippen LogP contribution in [0.5, 0.6) is 0 Å². The molecule has 1 fully saturated rings. The minimum absolute atomic E-state index is 0.0794. The van der Waals surface area contributed by atoms with Crippen molar-refractivity contribution in [2.75, 3.05) is 17.6 Å². The Labute approximate surface area is 115 Å². The minimum atomic E-state index is -4.89. The average Bonchev–Trinajstić information content (AvgIpc) is 2.93. The van der Waals surface area contributed by atoms with Gasteiger partial charge >= 0.3 is 11.8 Å². The van der Waals surface area contributed by atoms with Crippen LogP contribution in [0, 0.1) is 0 Å². The SMILES string of the molecule is O=C1N2CCSC2=N[C@@]1(Nc1ncccn1)C(F)(F)F. The molecule has 106 valence electrons. The van der Waals surface area contributed by atoms with Crippen molar-refractivity contribution in [3.05, 3.63) is 18.5 Å². The van der Waals surface area contributed by atoms with Crippen molar-refractivity contribution in [1.82, 2.24) is 14.9 Å². The van der Waals surface area contributed by atoms with Gasteiger partial charge in [-0.25, -0.2) is 15.0 Å². The second-order valence-electron chi connectivity index (χ2n) is 4.11. The molecule has 6 nitrogen and oxygen atoms in total. The minimum Gasteiger partial charge on any atom is -0.314 e. The number of rotatable bonds is 2. The van der Waals surface area contributed by atoms with Crippen molar-refractivity contribution >= 4 is 28.8 Å². The quantitative estimate of drug-likeness (QED) is 0.885. The fraction of sp³-hybridized carbons (Fsp3) is 0.400. The second kappa shape index (κ2) is 4.33. The van der Waals surface area contributed by atoms with Crippen LogP contribution >= 0.6 is 11.8 Å². The number of amidine groups is 1. The number of anilines is 1. The molecular formula is C10H8F3N5OS. The number of hydrogen-bond donors (Lipinski definition) is 1. The summed E-state index contributed by atoms with van der Waals surface area (Å²) in [6.07, 6.45) is -2.33. The molecule has 0 unspecified atom stereocenters. The van der Waals surface area contributed by atoms with Gasteiger partial charge in [0, 0.05) is 24.7 Å². The van der Waals surface area contributed by atoms with E-state index >= 15 is 0 Å². The summed E-state index contributed by atoms with van der Waals surface area (Å²) in [5.41, 5.74) is -3.03. The largest absolute Gasteiger partial charge is 0.442 e. The molecule has 1 aromatic heterocycles. The van der Waals surface area contributed by atoms with Gasteiger partial charge in [0.25, 0.3) is 5.91 Å². The van der Waals surface area contributed by atoms with Crippen molar-refractivity contribution in [1.29, 1.82) is 0 Å². The lowest BCUT2D eigenvalue weighted by Gasteiger charge is -2.28. The Morgan fingerprint density at radius 1 is 1.35 bits per heavy atom. The van der Waals surface area contributed by atoms with Gasteiger partial charge in [-0.1, -0.05) is 11.8 Å². The van der Waals surface area contributed by atoms with E-state index in [-0.39, 0.29) is 17.7 Å². The summed E-state index contributed by atoms with van der Waals surface area (Å²) in [6, 6.07) is 1.46. The maximum atomic E-state index is 13.4. The molecule has 0 bridgehead atoms. The highest BCUT2D eigenvalue weighted by molar-refractivity contribution is 8.14. The van der Waals surface area contributed by atoms with Crippen molar-refractivity contribution in [2.24, 2.45) is 4.99 Å². The first-order chi connectivity index (χ1) is 9.44. The van der Waals surface area contributed by atoms with Crippen molar-refractivity contribution in [3.63, 3.8) is 0 Å². The average molecular weight is 303 g/mol. The topological polar surface area (TPSA) is 70.5 Å². The molecule has 1 amide bonds. The van der Waals surface area contributed by atoms with Crippen molar-refractivity contribution in [3.8, 4) is 0 Å². The molecule has 0 saturated carbocycles. The number of nitrogens with zero attached hydrogens (tertiary/aromatic N) is 4. The van der Waals surface area contributed by atoms with Gasteiger partial charge in [0.15, 0.2) is 5.17 Å². The number of aromatic nitrogens is 2. The third-order valence-corrected chi connectivity index (χ3v) is 3.82.